The minimum atomic E-state index is -1.14. The van der Waals surface area contributed by atoms with Crippen LogP contribution in [0.4, 0.5) is 9.18 Å². The van der Waals surface area contributed by atoms with Gasteiger partial charge >= 0.3 is 6.09 Å². The highest BCUT2D eigenvalue weighted by Crippen LogP contribution is 2.33. The number of ether oxygens (including phenoxy) is 1. The number of carbonyl (C=O) groups excluding carboxylic acids is 1. The first kappa shape index (κ1) is 15.8. The normalized spacial score (nSPS) is 22.5. The number of rotatable bonds is 1. The Morgan fingerprint density at radius 1 is 1.43 bits per heavy atom. The Bertz CT molecular complexity index is 553. The second-order valence-electron chi connectivity index (χ2n) is 6.65. The number of β-amino-alcohol motifs (C(OH)–C–C–N with tert-alkyl or cyclic N) is 1. The first-order valence-corrected chi connectivity index (χ1v) is 7.08. The van der Waals surface area contributed by atoms with Gasteiger partial charge in [0.1, 0.15) is 17.0 Å². The zero-order valence-electron chi connectivity index (χ0n) is 12.9. The number of nitrogens with zero attached hydrogens (tertiary/aromatic N) is 1. The van der Waals surface area contributed by atoms with Crippen LogP contribution < -0.4 is 0 Å². The highest BCUT2D eigenvalue weighted by molar-refractivity contribution is 5.68. The number of halogens is 1. The summed E-state index contributed by atoms with van der Waals surface area (Å²) >= 11 is 0. The van der Waals surface area contributed by atoms with Gasteiger partial charge in [0, 0.05) is 6.54 Å². The molecule has 2 rings (SSSR count). The minimum absolute atomic E-state index is 0.160. The first-order valence-electron chi connectivity index (χ1n) is 7.08. The summed E-state index contributed by atoms with van der Waals surface area (Å²) in [5, 5.41) is 10.7. The van der Waals surface area contributed by atoms with Crippen molar-refractivity contribution >= 4 is 6.09 Å². The molecule has 1 amide bonds. The lowest BCUT2D eigenvalue weighted by molar-refractivity contribution is 0.0139. The molecule has 0 saturated carbocycles. The zero-order valence-corrected chi connectivity index (χ0v) is 12.9. The first-order chi connectivity index (χ1) is 9.61. The molecule has 1 fully saturated rings. The number of aryl methyl sites for hydroxylation is 1. The molecule has 0 aromatic heterocycles. The van der Waals surface area contributed by atoms with Gasteiger partial charge in [-0.1, -0.05) is 12.1 Å². The maximum atomic E-state index is 13.3. The molecule has 1 aliphatic rings. The second-order valence-corrected chi connectivity index (χ2v) is 6.65. The van der Waals surface area contributed by atoms with Crippen molar-refractivity contribution < 1.29 is 19.0 Å². The third-order valence-electron chi connectivity index (χ3n) is 3.59. The predicted octanol–water partition coefficient (Wildman–Crippen LogP) is 2.96. The Morgan fingerprint density at radius 3 is 2.67 bits per heavy atom. The summed E-state index contributed by atoms with van der Waals surface area (Å²) in [6.45, 7) is 7.64. The van der Waals surface area contributed by atoms with Crippen LogP contribution in [0.5, 0.6) is 0 Å². The molecular weight excluding hydrogens is 273 g/mol. The third-order valence-corrected chi connectivity index (χ3v) is 3.59. The fourth-order valence-corrected chi connectivity index (χ4v) is 2.45. The maximum absolute atomic E-state index is 13.3. The van der Waals surface area contributed by atoms with E-state index in [9.17, 15) is 14.3 Å². The molecule has 0 aliphatic carbocycles. The molecule has 1 N–H and O–H groups in total. The molecule has 21 heavy (non-hydrogen) atoms. The predicted molar refractivity (Wildman–Crippen MR) is 77.5 cm³/mol. The van der Waals surface area contributed by atoms with Crippen LogP contribution in [0.1, 0.15) is 38.3 Å². The summed E-state index contributed by atoms with van der Waals surface area (Å²) in [4.78, 5) is 13.5. The highest BCUT2D eigenvalue weighted by atomic mass is 19.1. The van der Waals surface area contributed by atoms with Gasteiger partial charge in [-0.05, 0) is 51.3 Å². The Labute approximate surface area is 124 Å². The van der Waals surface area contributed by atoms with Gasteiger partial charge < -0.3 is 14.7 Å². The number of hydrogen-bond acceptors (Lipinski definition) is 3. The average Bonchev–Trinajstić information content (AvgIpc) is 2.75. The summed E-state index contributed by atoms with van der Waals surface area (Å²) in [6.07, 6.45) is -0.0191. The lowest BCUT2D eigenvalue weighted by atomic mass is 9.92. The van der Waals surface area contributed by atoms with Crippen molar-refractivity contribution in [3.63, 3.8) is 0 Å². The van der Waals surface area contributed by atoms with Gasteiger partial charge in [-0.2, -0.15) is 0 Å². The fraction of sp³-hybridized carbons (Fsp3) is 0.562. The molecule has 0 spiro atoms. The maximum Gasteiger partial charge on any atom is 0.410 e. The van der Waals surface area contributed by atoms with Crippen molar-refractivity contribution in [1.29, 1.82) is 0 Å². The van der Waals surface area contributed by atoms with E-state index in [0.29, 0.717) is 24.1 Å². The summed E-state index contributed by atoms with van der Waals surface area (Å²) in [6, 6.07) is 4.55. The molecule has 1 heterocycles. The van der Waals surface area contributed by atoms with Gasteiger partial charge in [0.2, 0.25) is 0 Å². The van der Waals surface area contributed by atoms with Crippen molar-refractivity contribution in [1.82, 2.24) is 4.90 Å². The van der Waals surface area contributed by atoms with Crippen molar-refractivity contribution in [2.75, 3.05) is 13.1 Å². The summed E-state index contributed by atoms with van der Waals surface area (Å²) in [5.41, 5.74) is -0.594. The average molecular weight is 295 g/mol. The summed E-state index contributed by atoms with van der Waals surface area (Å²) in [5.74, 6) is -0.302. The van der Waals surface area contributed by atoms with Gasteiger partial charge in [-0.15, -0.1) is 0 Å². The Balaban J connectivity index is 2.13. The van der Waals surface area contributed by atoms with E-state index < -0.39 is 17.3 Å². The Morgan fingerprint density at radius 2 is 2.10 bits per heavy atom. The van der Waals surface area contributed by atoms with Crippen LogP contribution in [0.2, 0.25) is 0 Å². The number of amides is 1. The molecule has 0 bridgehead atoms. The van der Waals surface area contributed by atoms with Crippen LogP contribution in [0, 0.1) is 12.7 Å². The summed E-state index contributed by atoms with van der Waals surface area (Å²) in [7, 11) is 0. The molecule has 1 aromatic rings. The van der Waals surface area contributed by atoms with Crippen molar-refractivity contribution in [2.45, 2.75) is 45.3 Å². The van der Waals surface area contributed by atoms with Crippen LogP contribution >= 0.6 is 0 Å². The van der Waals surface area contributed by atoms with Crippen LogP contribution in [-0.2, 0) is 10.3 Å². The van der Waals surface area contributed by atoms with E-state index in [1.807, 2.05) is 0 Å². The minimum Gasteiger partial charge on any atom is -0.444 e. The zero-order chi connectivity index (χ0) is 15.8. The number of hydrogen-bond donors (Lipinski definition) is 1. The van der Waals surface area contributed by atoms with Crippen LogP contribution in [0.25, 0.3) is 0 Å². The van der Waals surface area contributed by atoms with Crippen LogP contribution in [0.15, 0.2) is 18.2 Å². The Hall–Kier alpha value is -1.62. The smallest absolute Gasteiger partial charge is 0.410 e. The lowest BCUT2D eigenvalue weighted by Crippen LogP contribution is -2.38. The molecule has 4 nitrogen and oxygen atoms in total. The van der Waals surface area contributed by atoms with E-state index >= 15 is 0 Å². The molecule has 5 heteroatoms. The monoisotopic (exact) mass is 295 g/mol. The standard InChI is InChI=1S/C16H22FNO3/c1-11-9-12(5-6-13(11)17)16(20)7-8-18(10-16)14(19)21-15(2,3)4/h5-6,9,20H,7-8,10H2,1-4H3. The number of carbonyl (C=O) groups is 1. The quantitative estimate of drug-likeness (QED) is 0.866. The van der Waals surface area contributed by atoms with E-state index in [1.54, 1.807) is 39.8 Å². The number of aliphatic hydroxyl groups is 1. The molecular formula is C16H22FNO3. The molecule has 1 atom stereocenters. The molecule has 116 valence electrons. The molecule has 1 aliphatic heterocycles. The number of benzene rings is 1. The van der Waals surface area contributed by atoms with Gasteiger partial charge in [-0.3, -0.25) is 0 Å². The van der Waals surface area contributed by atoms with Crippen molar-refractivity contribution in [2.24, 2.45) is 0 Å². The number of likely N-dealkylation sites (tertiary alicyclic amines) is 1. The highest BCUT2D eigenvalue weighted by Gasteiger charge is 2.41. The van der Waals surface area contributed by atoms with Gasteiger partial charge in [0.25, 0.3) is 0 Å². The van der Waals surface area contributed by atoms with E-state index in [4.69, 9.17) is 4.74 Å². The lowest BCUT2D eigenvalue weighted by Gasteiger charge is -2.27. The summed E-state index contributed by atoms with van der Waals surface area (Å²) < 4.78 is 18.6. The van der Waals surface area contributed by atoms with E-state index in [1.165, 1.54) is 11.0 Å². The SMILES string of the molecule is Cc1cc(C2(O)CCN(C(=O)OC(C)(C)C)C2)ccc1F. The van der Waals surface area contributed by atoms with Crippen molar-refractivity contribution in [3.05, 3.63) is 35.1 Å². The van der Waals surface area contributed by atoms with E-state index in [-0.39, 0.29) is 12.4 Å². The largest absolute Gasteiger partial charge is 0.444 e. The van der Waals surface area contributed by atoms with Crippen LogP contribution in [0.3, 0.4) is 0 Å². The second kappa shape index (κ2) is 5.30. The molecule has 0 radical (unpaired) electrons. The topological polar surface area (TPSA) is 49.8 Å². The van der Waals surface area contributed by atoms with Gasteiger partial charge in [-0.25, -0.2) is 9.18 Å². The van der Waals surface area contributed by atoms with E-state index in [2.05, 4.69) is 0 Å². The Kier molecular flexibility index (Phi) is 3.97. The van der Waals surface area contributed by atoms with Gasteiger partial charge in [0.05, 0.1) is 6.54 Å². The van der Waals surface area contributed by atoms with Crippen LogP contribution in [-0.4, -0.2) is 34.8 Å². The van der Waals surface area contributed by atoms with Crippen molar-refractivity contribution in [3.8, 4) is 0 Å². The third kappa shape index (κ3) is 3.53. The molecule has 1 unspecified atom stereocenters. The van der Waals surface area contributed by atoms with E-state index in [0.717, 1.165) is 0 Å². The van der Waals surface area contributed by atoms with Gasteiger partial charge in [0.15, 0.2) is 0 Å². The fourth-order valence-electron chi connectivity index (χ4n) is 2.45. The molecule has 1 aromatic carbocycles. The molecule has 1 saturated heterocycles.